The van der Waals surface area contributed by atoms with Gasteiger partial charge in [0.2, 0.25) is 0 Å². The summed E-state index contributed by atoms with van der Waals surface area (Å²) in [6.07, 6.45) is 3.44. The number of rotatable bonds is 1. The molecule has 18 heavy (non-hydrogen) atoms. The maximum Gasteiger partial charge on any atom is 0.284 e. The second kappa shape index (κ2) is 3.60. The first-order valence-electron chi connectivity index (χ1n) is 5.92. The van der Waals surface area contributed by atoms with Gasteiger partial charge in [-0.1, -0.05) is 30.3 Å². The van der Waals surface area contributed by atoms with Crippen LogP contribution < -0.4 is 4.74 Å². The number of hydrogen-bond donors (Lipinski definition) is 0. The van der Waals surface area contributed by atoms with Crippen LogP contribution in [0, 0.1) is 6.39 Å². The molecule has 0 spiro atoms. The molecule has 87 valence electrons. The normalized spacial score (nSPS) is 17.7. The lowest BCUT2D eigenvalue weighted by atomic mass is 10.0. The zero-order chi connectivity index (χ0) is 11.9. The molecule has 3 heteroatoms. The molecule has 0 bridgehead atoms. The van der Waals surface area contributed by atoms with Gasteiger partial charge in [-0.05, 0) is 17.7 Å². The van der Waals surface area contributed by atoms with Gasteiger partial charge in [0.05, 0.1) is 0 Å². The van der Waals surface area contributed by atoms with Crippen LogP contribution in [0.1, 0.15) is 17.2 Å². The topological polar surface area (TPSA) is 35.3 Å². The lowest BCUT2D eigenvalue weighted by Crippen LogP contribution is -2.03. The molecule has 0 fully saturated rings. The minimum Gasteiger partial charge on any atom is -0.485 e. The second-order valence-corrected chi connectivity index (χ2v) is 4.42. The summed E-state index contributed by atoms with van der Waals surface area (Å²) in [4.78, 5) is 4.15. The van der Waals surface area contributed by atoms with Crippen molar-refractivity contribution in [3.63, 3.8) is 0 Å². The Morgan fingerprint density at radius 3 is 3.00 bits per heavy atom. The Hall–Kier alpha value is -2.29. The van der Waals surface area contributed by atoms with Gasteiger partial charge in [0.1, 0.15) is 17.4 Å². The molecule has 1 aliphatic rings. The predicted molar refractivity (Wildman–Crippen MR) is 66.4 cm³/mol. The summed E-state index contributed by atoms with van der Waals surface area (Å²) in [7, 11) is 0. The number of benzene rings is 2. The van der Waals surface area contributed by atoms with Gasteiger partial charge in [-0.3, -0.25) is 0 Å². The molecule has 0 saturated heterocycles. The van der Waals surface area contributed by atoms with Gasteiger partial charge < -0.3 is 9.15 Å². The van der Waals surface area contributed by atoms with Crippen molar-refractivity contribution in [2.75, 3.05) is 0 Å². The summed E-state index contributed by atoms with van der Waals surface area (Å²) < 4.78 is 11.2. The van der Waals surface area contributed by atoms with Crippen LogP contribution in [0.4, 0.5) is 0 Å². The molecule has 4 rings (SSSR count). The van der Waals surface area contributed by atoms with Crippen LogP contribution in [-0.2, 0) is 6.42 Å². The Morgan fingerprint density at radius 1 is 1.11 bits per heavy atom. The van der Waals surface area contributed by atoms with Gasteiger partial charge in [-0.15, -0.1) is 0 Å². The van der Waals surface area contributed by atoms with Crippen molar-refractivity contribution < 1.29 is 9.15 Å². The van der Waals surface area contributed by atoms with E-state index in [1.54, 1.807) is 0 Å². The molecule has 2 heterocycles. The number of para-hydroxylation sites is 2. The van der Waals surface area contributed by atoms with Crippen molar-refractivity contribution in [1.29, 1.82) is 0 Å². The van der Waals surface area contributed by atoms with Crippen molar-refractivity contribution in [3.05, 3.63) is 60.0 Å². The van der Waals surface area contributed by atoms with Crippen molar-refractivity contribution in [2.24, 2.45) is 0 Å². The van der Waals surface area contributed by atoms with Crippen LogP contribution in [0.3, 0.4) is 0 Å². The quantitative estimate of drug-likeness (QED) is 0.650. The fourth-order valence-corrected chi connectivity index (χ4v) is 2.47. The van der Waals surface area contributed by atoms with Gasteiger partial charge in [0, 0.05) is 12.0 Å². The van der Waals surface area contributed by atoms with Gasteiger partial charge in [-0.2, -0.15) is 0 Å². The fraction of sp³-hybridized carbons (Fsp3) is 0.133. The van der Waals surface area contributed by atoms with Gasteiger partial charge in [0.25, 0.3) is 6.39 Å². The van der Waals surface area contributed by atoms with Crippen LogP contribution in [0.25, 0.3) is 11.1 Å². The number of aromatic nitrogens is 1. The Balaban J connectivity index is 1.80. The minimum absolute atomic E-state index is 0.0181. The highest BCUT2D eigenvalue weighted by Crippen LogP contribution is 2.38. The van der Waals surface area contributed by atoms with Crippen molar-refractivity contribution in [1.82, 2.24) is 4.98 Å². The standard InChI is InChI=1S/C15H10NO2/c1-2-6-12-10(4-1)8-14(18-12)11-5-3-7-13-15(11)16-9-17-13/h1-7,14H,8H2. The zero-order valence-electron chi connectivity index (χ0n) is 9.59. The first-order chi connectivity index (χ1) is 8.92. The first-order valence-corrected chi connectivity index (χ1v) is 5.92. The molecule has 0 amide bonds. The molecular weight excluding hydrogens is 226 g/mol. The Kier molecular flexibility index (Phi) is 1.94. The third-order valence-electron chi connectivity index (χ3n) is 3.34. The Morgan fingerprint density at radius 2 is 2.06 bits per heavy atom. The maximum absolute atomic E-state index is 5.97. The molecule has 0 aliphatic carbocycles. The largest absolute Gasteiger partial charge is 0.485 e. The lowest BCUT2D eigenvalue weighted by Gasteiger charge is -2.10. The summed E-state index contributed by atoms with van der Waals surface area (Å²) in [6.45, 7) is 0. The zero-order valence-corrected chi connectivity index (χ0v) is 9.59. The highest BCUT2D eigenvalue weighted by Gasteiger charge is 2.26. The van der Waals surface area contributed by atoms with Crippen molar-refractivity contribution in [3.8, 4) is 5.75 Å². The third kappa shape index (κ3) is 1.34. The van der Waals surface area contributed by atoms with Gasteiger partial charge in [0.15, 0.2) is 5.58 Å². The number of hydrogen-bond acceptors (Lipinski definition) is 3. The summed E-state index contributed by atoms with van der Waals surface area (Å²) >= 11 is 0. The monoisotopic (exact) mass is 236 g/mol. The van der Waals surface area contributed by atoms with Crippen LogP contribution in [0.2, 0.25) is 0 Å². The number of oxazole rings is 1. The average molecular weight is 236 g/mol. The van der Waals surface area contributed by atoms with E-state index >= 15 is 0 Å². The first kappa shape index (κ1) is 9.71. The fourth-order valence-electron chi connectivity index (χ4n) is 2.47. The number of nitrogens with zero attached hydrogens (tertiary/aromatic N) is 1. The third-order valence-corrected chi connectivity index (χ3v) is 3.34. The molecule has 0 N–H and O–H groups in total. The summed E-state index contributed by atoms with van der Waals surface area (Å²) in [5.41, 5.74) is 3.91. The van der Waals surface area contributed by atoms with E-state index in [9.17, 15) is 0 Å². The molecule has 3 nitrogen and oxygen atoms in total. The number of fused-ring (bicyclic) bond motifs is 2. The van der Waals surface area contributed by atoms with E-state index < -0.39 is 0 Å². The maximum atomic E-state index is 5.97. The van der Waals surface area contributed by atoms with E-state index in [-0.39, 0.29) is 6.10 Å². The van der Waals surface area contributed by atoms with Crippen molar-refractivity contribution in [2.45, 2.75) is 12.5 Å². The smallest absolute Gasteiger partial charge is 0.284 e. The van der Waals surface area contributed by atoms with E-state index in [1.807, 2.05) is 36.4 Å². The molecule has 1 unspecified atom stereocenters. The SMILES string of the molecule is [c]1nc2c(C3Cc4ccccc4O3)cccc2o1. The molecule has 1 aromatic heterocycles. The van der Waals surface area contributed by atoms with E-state index in [1.165, 1.54) is 5.56 Å². The van der Waals surface area contributed by atoms with Crippen LogP contribution in [0.15, 0.2) is 46.9 Å². The summed E-state index contributed by atoms with van der Waals surface area (Å²) in [5.74, 6) is 0.965. The average Bonchev–Trinajstić information content (AvgIpc) is 3.04. The molecule has 1 atom stereocenters. The molecular formula is C15H10NO2. The van der Waals surface area contributed by atoms with Crippen LogP contribution in [-0.4, -0.2) is 4.98 Å². The number of ether oxygens (including phenoxy) is 1. The predicted octanol–water partition coefficient (Wildman–Crippen LogP) is 3.30. The molecule has 1 radical (unpaired) electrons. The van der Waals surface area contributed by atoms with Crippen molar-refractivity contribution >= 4 is 11.1 Å². The summed E-state index contributed by atoms with van der Waals surface area (Å²) in [5, 5.41) is 0. The van der Waals surface area contributed by atoms with E-state index in [0.717, 1.165) is 28.8 Å². The molecule has 1 aliphatic heterocycles. The van der Waals surface area contributed by atoms with E-state index in [4.69, 9.17) is 9.15 Å². The summed E-state index contributed by atoms with van der Waals surface area (Å²) in [6, 6.07) is 14.0. The van der Waals surface area contributed by atoms with Gasteiger partial charge in [-0.25, -0.2) is 4.98 Å². The Bertz CT molecular complexity index is 692. The molecule has 0 saturated carbocycles. The highest BCUT2D eigenvalue weighted by atomic mass is 16.5. The molecule has 3 aromatic rings. The van der Waals surface area contributed by atoms with E-state index in [0.29, 0.717) is 0 Å². The Labute approximate surface area is 104 Å². The highest BCUT2D eigenvalue weighted by molar-refractivity contribution is 5.76. The second-order valence-electron chi connectivity index (χ2n) is 4.42. The van der Waals surface area contributed by atoms with Crippen LogP contribution in [0.5, 0.6) is 5.75 Å². The minimum atomic E-state index is 0.0181. The lowest BCUT2D eigenvalue weighted by molar-refractivity contribution is 0.240. The van der Waals surface area contributed by atoms with Gasteiger partial charge >= 0.3 is 0 Å². The van der Waals surface area contributed by atoms with Crippen LogP contribution >= 0.6 is 0 Å². The molecule has 2 aromatic carbocycles. The van der Waals surface area contributed by atoms with E-state index in [2.05, 4.69) is 17.4 Å².